The van der Waals surface area contributed by atoms with Crippen LogP contribution in [0.3, 0.4) is 0 Å². The number of methoxy groups -OCH3 is 1. The molecule has 0 bridgehead atoms. The zero-order chi connectivity index (χ0) is 17.7. The lowest BCUT2D eigenvalue weighted by molar-refractivity contribution is -0.131. The minimum absolute atomic E-state index is 0.00860. The van der Waals surface area contributed by atoms with Crippen molar-refractivity contribution in [2.45, 2.75) is 18.7 Å². The highest BCUT2D eigenvalue weighted by Gasteiger charge is 2.31. The summed E-state index contributed by atoms with van der Waals surface area (Å²) in [5.41, 5.74) is 0. The van der Waals surface area contributed by atoms with Crippen LogP contribution in [-0.4, -0.2) is 76.5 Å². The summed E-state index contributed by atoms with van der Waals surface area (Å²) in [6, 6.07) is 1.73. The first-order valence-corrected chi connectivity index (χ1v) is 10.2. The van der Waals surface area contributed by atoms with Crippen LogP contribution < -0.4 is 5.32 Å². The molecule has 0 spiro atoms. The second kappa shape index (κ2) is 8.39. The predicted molar refractivity (Wildman–Crippen MR) is 93.9 cm³/mol. The Bertz CT molecular complexity index is 664. The smallest absolute Gasteiger partial charge is 0.244 e. The van der Waals surface area contributed by atoms with Crippen LogP contribution in [0, 0.1) is 13.8 Å². The van der Waals surface area contributed by atoms with Crippen LogP contribution in [0.5, 0.6) is 0 Å². The van der Waals surface area contributed by atoms with Gasteiger partial charge in [-0.1, -0.05) is 0 Å². The van der Waals surface area contributed by atoms with E-state index in [0.717, 1.165) is 9.75 Å². The maximum absolute atomic E-state index is 12.7. The van der Waals surface area contributed by atoms with E-state index < -0.39 is 10.0 Å². The van der Waals surface area contributed by atoms with Gasteiger partial charge in [-0.05, 0) is 19.9 Å². The average Bonchev–Trinajstić information content (AvgIpc) is 2.91. The monoisotopic (exact) mass is 375 g/mol. The van der Waals surface area contributed by atoms with Gasteiger partial charge >= 0.3 is 0 Å². The Kier molecular flexibility index (Phi) is 6.76. The Morgan fingerprint density at radius 3 is 2.50 bits per heavy atom. The van der Waals surface area contributed by atoms with Gasteiger partial charge in [-0.3, -0.25) is 4.79 Å². The van der Waals surface area contributed by atoms with Gasteiger partial charge in [0, 0.05) is 49.6 Å². The summed E-state index contributed by atoms with van der Waals surface area (Å²) in [5, 5.41) is 3.01. The zero-order valence-electron chi connectivity index (χ0n) is 14.4. The summed E-state index contributed by atoms with van der Waals surface area (Å²) in [4.78, 5) is 16.0. The largest absolute Gasteiger partial charge is 0.383 e. The molecule has 1 aliphatic rings. The van der Waals surface area contributed by atoms with Gasteiger partial charge in [-0.15, -0.1) is 11.3 Å². The molecule has 1 aliphatic heterocycles. The number of rotatable bonds is 7. The number of piperazine rings is 1. The summed E-state index contributed by atoms with van der Waals surface area (Å²) < 4.78 is 31.9. The lowest BCUT2D eigenvalue weighted by Gasteiger charge is -2.34. The molecule has 0 saturated carbocycles. The fourth-order valence-corrected chi connectivity index (χ4v) is 5.61. The first-order chi connectivity index (χ1) is 11.4. The van der Waals surface area contributed by atoms with Crippen LogP contribution in [0.2, 0.25) is 0 Å². The van der Waals surface area contributed by atoms with Crippen molar-refractivity contribution in [3.63, 3.8) is 0 Å². The molecule has 136 valence electrons. The predicted octanol–water partition coefficient (Wildman–Crippen LogP) is 0.434. The summed E-state index contributed by atoms with van der Waals surface area (Å²) >= 11 is 1.49. The maximum atomic E-state index is 12.7. The molecule has 2 heterocycles. The van der Waals surface area contributed by atoms with Crippen LogP contribution >= 0.6 is 11.3 Å². The molecule has 7 nitrogen and oxygen atoms in total. The number of ether oxygens (including phenoxy) is 1. The lowest BCUT2D eigenvalue weighted by Crippen LogP contribution is -2.52. The van der Waals surface area contributed by atoms with E-state index in [1.807, 2.05) is 13.8 Å². The number of hydrogen-bond acceptors (Lipinski definition) is 6. The van der Waals surface area contributed by atoms with E-state index in [1.54, 1.807) is 18.1 Å². The fraction of sp³-hybridized carbons (Fsp3) is 0.667. The van der Waals surface area contributed by atoms with E-state index in [-0.39, 0.29) is 12.5 Å². The van der Waals surface area contributed by atoms with Gasteiger partial charge in [-0.25, -0.2) is 8.42 Å². The van der Waals surface area contributed by atoms with Crippen molar-refractivity contribution in [3.8, 4) is 0 Å². The van der Waals surface area contributed by atoms with E-state index in [4.69, 9.17) is 4.74 Å². The molecule has 2 rings (SSSR count). The van der Waals surface area contributed by atoms with Crippen molar-refractivity contribution >= 4 is 27.3 Å². The average molecular weight is 376 g/mol. The lowest BCUT2D eigenvalue weighted by atomic mass is 10.3. The highest BCUT2D eigenvalue weighted by Crippen LogP contribution is 2.28. The zero-order valence-corrected chi connectivity index (χ0v) is 16.0. The SMILES string of the molecule is COCCNCC(=O)N1CCN(S(=O)(=O)c2cc(C)sc2C)CC1. The summed E-state index contributed by atoms with van der Waals surface area (Å²) in [6.45, 7) is 6.67. The van der Waals surface area contributed by atoms with Crippen LogP contribution in [-0.2, 0) is 19.6 Å². The van der Waals surface area contributed by atoms with Gasteiger partial charge in [0.25, 0.3) is 0 Å². The number of thiophene rings is 1. The van der Waals surface area contributed by atoms with Crippen LogP contribution in [0.15, 0.2) is 11.0 Å². The Hall–Kier alpha value is -1.00. The standard InChI is InChI=1S/C15H25N3O4S2/c1-12-10-14(13(2)23-12)24(20,21)18-7-5-17(6-8-18)15(19)11-16-4-9-22-3/h10,16H,4-9,11H2,1-3H3. The molecule has 0 aliphatic carbocycles. The number of aryl methyl sites for hydroxylation is 2. The van der Waals surface area contributed by atoms with Crippen molar-refractivity contribution in [2.24, 2.45) is 0 Å². The summed E-state index contributed by atoms with van der Waals surface area (Å²) in [5.74, 6) is -0.00860. The number of carbonyl (C=O) groups excluding carboxylic acids is 1. The van der Waals surface area contributed by atoms with Crippen LogP contribution in [0.25, 0.3) is 0 Å². The molecule has 9 heteroatoms. The molecule has 1 aromatic rings. The third kappa shape index (κ3) is 4.54. The minimum atomic E-state index is -3.47. The first-order valence-electron chi connectivity index (χ1n) is 7.91. The molecule has 0 aromatic carbocycles. The number of carbonyl (C=O) groups is 1. The Balaban J connectivity index is 1.90. The van der Waals surface area contributed by atoms with Crippen molar-refractivity contribution in [1.82, 2.24) is 14.5 Å². The third-order valence-corrected chi connectivity index (χ3v) is 7.08. The Morgan fingerprint density at radius 1 is 1.29 bits per heavy atom. The highest BCUT2D eigenvalue weighted by molar-refractivity contribution is 7.89. The van der Waals surface area contributed by atoms with E-state index in [0.29, 0.717) is 44.2 Å². The van der Waals surface area contributed by atoms with Gasteiger partial charge < -0.3 is 15.0 Å². The molecular formula is C15H25N3O4S2. The normalized spacial score (nSPS) is 16.5. The van der Waals surface area contributed by atoms with Gasteiger partial charge in [0.1, 0.15) is 0 Å². The van der Waals surface area contributed by atoms with Crippen molar-refractivity contribution in [2.75, 3.05) is 53.0 Å². The van der Waals surface area contributed by atoms with Gasteiger partial charge in [-0.2, -0.15) is 4.31 Å². The number of nitrogens with one attached hydrogen (secondary N) is 1. The molecule has 24 heavy (non-hydrogen) atoms. The van der Waals surface area contributed by atoms with Gasteiger partial charge in [0.2, 0.25) is 15.9 Å². The van der Waals surface area contributed by atoms with Crippen LogP contribution in [0.1, 0.15) is 9.75 Å². The fourth-order valence-electron chi connectivity index (χ4n) is 2.66. The topological polar surface area (TPSA) is 79.0 Å². The molecule has 0 unspecified atom stereocenters. The molecule has 1 fully saturated rings. The van der Waals surface area contributed by atoms with Crippen molar-refractivity contribution in [3.05, 3.63) is 15.8 Å². The third-order valence-electron chi connectivity index (χ3n) is 3.96. The Morgan fingerprint density at radius 2 is 1.96 bits per heavy atom. The van der Waals surface area contributed by atoms with Gasteiger partial charge in [0.05, 0.1) is 18.0 Å². The van der Waals surface area contributed by atoms with Gasteiger partial charge in [0.15, 0.2) is 0 Å². The molecule has 1 aromatic heterocycles. The van der Waals surface area contributed by atoms with E-state index in [2.05, 4.69) is 5.32 Å². The van der Waals surface area contributed by atoms with E-state index in [1.165, 1.54) is 15.6 Å². The van der Waals surface area contributed by atoms with Crippen LogP contribution in [0.4, 0.5) is 0 Å². The first kappa shape index (κ1) is 19.3. The van der Waals surface area contributed by atoms with E-state index >= 15 is 0 Å². The summed E-state index contributed by atoms with van der Waals surface area (Å²) in [6.07, 6.45) is 0. The van der Waals surface area contributed by atoms with Crippen molar-refractivity contribution in [1.29, 1.82) is 0 Å². The number of amides is 1. The number of sulfonamides is 1. The molecule has 1 amide bonds. The molecule has 0 atom stereocenters. The number of hydrogen-bond donors (Lipinski definition) is 1. The second-order valence-electron chi connectivity index (χ2n) is 5.73. The minimum Gasteiger partial charge on any atom is -0.383 e. The highest BCUT2D eigenvalue weighted by atomic mass is 32.2. The molecule has 1 N–H and O–H groups in total. The maximum Gasteiger partial charge on any atom is 0.244 e. The molecular weight excluding hydrogens is 350 g/mol. The van der Waals surface area contributed by atoms with E-state index in [9.17, 15) is 13.2 Å². The number of nitrogens with zero attached hydrogens (tertiary/aromatic N) is 2. The molecule has 1 saturated heterocycles. The molecule has 0 radical (unpaired) electrons. The Labute approximate surface area is 147 Å². The summed E-state index contributed by atoms with van der Waals surface area (Å²) in [7, 11) is -1.86. The quantitative estimate of drug-likeness (QED) is 0.700. The van der Waals surface area contributed by atoms with Crippen molar-refractivity contribution < 1.29 is 17.9 Å². The second-order valence-corrected chi connectivity index (χ2v) is 9.10.